The van der Waals surface area contributed by atoms with E-state index in [2.05, 4.69) is 5.32 Å². The summed E-state index contributed by atoms with van der Waals surface area (Å²) in [5, 5.41) is 3.19. The fourth-order valence-corrected chi connectivity index (χ4v) is 3.96. The molecule has 2 fully saturated rings. The van der Waals surface area contributed by atoms with Crippen LogP contribution >= 0.6 is 12.4 Å². The molecule has 6 heteroatoms. The normalized spacial score (nSPS) is 23.8. The molecule has 3 rings (SSSR count). The second-order valence-electron chi connectivity index (χ2n) is 6.97. The zero-order chi connectivity index (χ0) is 16.9. The summed E-state index contributed by atoms with van der Waals surface area (Å²) >= 11 is 0. The molecule has 3 N–H and O–H groups in total. The first kappa shape index (κ1) is 19.7. The number of piperidine rings is 1. The number of nitrogens with one attached hydrogen (secondary N) is 1. The van der Waals surface area contributed by atoms with Gasteiger partial charge in [0.05, 0.1) is 0 Å². The minimum absolute atomic E-state index is 0. The van der Waals surface area contributed by atoms with E-state index >= 15 is 0 Å². The summed E-state index contributed by atoms with van der Waals surface area (Å²) < 4.78 is 0. The van der Waals surface area contributed by atoms with Gasteiger partial charge < -0.3 is 16.0 Å². The van der Waals surface area contributed by atoms with Gasteiger partial charge in [-0.2, -0.15) is 0 Å². The van der Waals surface area contributed by atoms with Crippen LogP contribution in [0.25, 0.3) is 0 Å². The number of likely N-dealkylation sites (tertiary alicyclic amines) is 1. The Balaban J connectivity index is 0.00000225. The number of benzene rings is 1. The van der Waals surface area contributed by atoms with E-state index in [-0.39, 0.29) is 36.2 Å². The van der Waals surface area contributed by atoms with Crippen LogP contribution in [-0.4, -0.2) is 42.4 Å². The fourth-order valence-electron chi connectivity index (χ4n) is 3.96. The number of hydrogen-bond donors (Lipinski definition) is 2. The van der Waals surface area contributed by atoms with Gasteiger partial charge in [0.1, 0.15) is 0 Å². The molecule has 0 aromatic heterocycles. The zero-order valence-electron chi connectivity index (χ0n) is 14.5. The van der Waals surface area contributed by atoms with E-state index in [4.69, 9.17) is 5.73 Å². The number of amides is 2. The van der Waals surface area contributed by atoms with Crippen LogP contribution in [0, 0.1) is 11.8 Å². The summed E-state index contributed by atoms with van der Waals surface area (Å²) in [6.07, 6.45) is 4.77. The van der Waals surface area contributed by atoms with Crippen molar-refractivity contribution >= 4 is 24.2 Å². The van der Waals surface area contributed by atoms with Gasteiger partial charge in [0, 0.05) is 30.6 Å². The van der Waals surface area contributed by atoms with Gasteiger partial charge in [-0.05, 0) is 50.3 Å². The van der Waals surface area contributed by atoms with Crippen molar-refractivity contribution < 1.29 is 9.59 Å². The first-order chi connectivity index (χ1) is 11.7. The summed E-state index contributed by atoms with van der Waals surface area (Å²) in [5.74, 6) is 0.666. The molecule has 2 amide bonds. The highest BCUT2D eigenvalue weighted by Gasteiger charge is 2.33. The maximum absolute atomic E-state index is 12.5. The molecule has 1 saturated carbocycles. The molecule has 5 nitrogen and oxygen atoms in total. The van der Waals surface area contributed by atoms with E-state index in [1.54, 1.807) is 0 Å². The first-order valence-electron chi connectivity index (χ1n) is 9.04. The standard InChI is InChI=1S/C19H27N3O2.ClH/c20-13-15-7-4-8-17(15)18(23)21-16-9-11-22(12-10-16)19(24)14-5-2-1-3-6-14;/h1-3,5-6,15-17H,4,7-13,20H2,(H,21,23);1H/t15-,17-;/m1./s1. The molecule has 0 unspecified atom stereocenters. The number of halogens is 1. The highest BCUT2D eigenvalue weighted by molar-refractivity contribution is 5.94. The molecular formula is C19H28ClN3O2. The van der Waals surface area contributed by atoms with Gasteiger partial charge in [-0.1, -0.05) is 24.6 Å². The van der Waals surface area contributed by atoms with Crippen LogP contribution < -0.4 is 11.1 Å². The summed E-state index contributed by atoms with van der Waals surface area (Å²) in [6.45, 7) is 2.00. The van der Waals surface area contributed by atoms with Crippen molar-refractivity contribution in [2.45, 2.75) is 38.1 Å². The summed E-state index contributed by atoms with van der Waals surface area (Å²) in [7, 11) is 0. The second kappa shape index (κ2) is 9.20. The predicted octanol–water partition coefficient (Wildman–Crippen LogP) is 2.20. The Kier molecular flexibility index (Phi) is 7.26. The van der Waals surface area contributed by atoms with E-state index in [0.717, 1.165) is 37.7 Å². The van der Waals surface area contributed by atoms with E-state index in [1.165, 1.54) is 0 Å². The van der Waals surface area contributed by atoms with Crippen LogP contribution in [0.1, 0.15) is 42.5 Å². The molecule has 0 bridgehead atoms. The SMILES string of the molecule is Cl.NC[C@H]1CCC[C@H]1C(=O)NC1CCN(C(=O)c2ccccc2)CC1. The molecule has 138 valence electrons. The van der Waals surface area contributed by atoms with Crippen molar-refractivity contribution in [2.75, 3.05) is 19.6 Å². The minimum atomic E-state index is 0. The molecule has 1 aliphatic heterocycles. The van der Waals surface area contributed by atoms with Crippen LogP contribution in [0.15, 0.2) is 30.3 Å². The number of nitrogens with zero attached hydrogens (tertiary/aromatic N) is 1. The molecule has 0 radical (unpaired) electrons. The molecule has 1 saturated heterocycles. The lowest BCUT2D eigenvalue weighted by atomic mass is 9.94. The van der Waals surface area contributed by atoms with Crippen molar-refractivity contribution in [1.29, 1.82) is 0 Å². The molecule has 1 heterocycles. The highest BCUT2D eigenvalue weighted by atomic mass is 35.5. The van der Waals surface area contributed by atoms with Crippen molar-refractivity contribution in [1.82, 2.24) is 10.2 Å². The highest BCUT2D eigenvalue weighted by Crippen LogP contribution is 2.31. The molecule has 25 heavy (non-hydrogen) atoms. The van der Waals surface area contributed by atoms with Gasteiger partial charge in [0.25, 0.3) is 5.91 Å². The maximum Gasteiger partial charge on any atom is 0.253 e. The van der Waals surface area contributed by atoms with Gasteiger partial charge in [-0.15, -0.1) is 12.4 Å². The van der Waals surface area contributed by atoms with E-state index < -0.39 is 0 Å². The van der Waals surface area contributed by atoms with Crippen LogP contribution in [0.2, 0.25) is 0 Å². The Hall–Kier alpha value is -1.59. The molecule has 1 aliphatic carbocycles. The van der Waals surface area contributed by atoms with Crippen LogP contribution in [-0.2, 0) is 4.79 Å². The minimum Gasteiger partial charge on any atom is -0.353 e. The van der Waals surface area contributed by atoms with Gasteiger partial charge >= 0.3 is 0 Å². The molecule has 1 aromatic carbocycles. The lowest BCUT2D eigenvalue weighted by Gasteiger charge is -2.33. The average molecular weight is 366 g/mol. The molecule has 2 aliphatic rings. The quantitative estimate of drug-likeness (QED) is 0.858. The topological polar surface area (TPSA) is 75.4 Å². The molecular weight excluding hydrogens is 338 g/mol. The van der Waals surface area contributed by atoms with Gasteiger partial charge in [-0.3, -0.25) is 9.59 Å². The second-order valence-corrected chi connectivity index (χ2v) is 6.97. The average Bonchev–Trinajstić information content (AvgIpc) is 3.11. The third kappa shape index (κ3) is 4.73. The Labute approximate surface area is 155 Å². The predicted molar refractivity (Wildman–Crippen MR) is 101 cm³/mol. The van der Waals surface area contributed by atoms with E-state index in [0.29, 0.717) is 25.6 Å². The van der Waals surface area contributed by atoms with Crippen LogP contribution in [0.3, 0.4) is 0 Å². The first-order valence-corrected chi connectivity index (χ1v) is 9.04. The Bertz CT molecular complexity index is 573. The number of carbonyl (C=O) groups excluding carboxylic acids is 2. The van der Waals surface area contributed by atoms with Crippen molar-refractivity contribution in [3.05, 3.63) is 35.9 Å². The third-order valence-electron chi connectivity index (χ3n) is 5.45. The van der Waals surface area contributed by atoms with Gasteiger partial charge in [0.15, 0.2) is 0 Å². The van der Waals surface area contributed by atoms with Gasteiger partial charge in [-0.25, -0.2) is 0 Å². The number of nitrogens with two attached hydrogens (primary N) is 1. The summed E-state index contributed by atoms with van der Waals surface area (Å²) in [4.78, 5) is 26.8. The maximum atomic E-state index is 12.5. The number of rotatable bonds is 4. The fraction of sp³-hybridized carbons (Fsp3) is 0.579. The van der Waals surface area contributed by atoms with E-state index in [1.807, 2.05) is 35.2 Å². The largest absolute Gasteiger partial charge is 0.353 e. The monoisotopic (exact) mass is 365 g/mol. The zero-order valence-corrected chi connectivity index (χ0v) is 15.3. The summed E-state index contributed by atoms with van der Waals surface area (Å²) in [5.41, 5.74) is 6.51. The van der Waals surface area contributed by atoms with Gasteiger partial charge in [0.2, 0.25) is 5.91 Å². The Morgan fingerprint density at radius 3 is 2.40 bits per heavy atom. The lowest BCUT2D eigenvalue weighted by Crippen LogP contribution is -2.48. The summed E-state index contributed by atoms with van der Waals surface area (Å²) in [6, 6.07) is 9.56. The van der Waals surface area contributed by atoms with Crippen molar-refractivity contribution in [3.8, 4) is 0 Å². The lowest BCUT2D eigenvalue weighted by molar-refractivity contribution is -0.126. The molecule has 2 atom stereocenters. The van der Waals surface area contributed by atoms with Crippen molar-refractivity contribution in [3.63, 3.8) is 0 Å². The third-order valence-corrected chi connectivity index (χ3v) is 5.45. The van der Waals surface area contributed by atoms with Crippen LogP contribution in [0.4, 0.5) is 0 Å². The molecule has 0 spiro atoms. The smallest absolute Gasteiger partial charge is 0.253 e. The number of hydrogen-bond acceptors (Lipinski definition) is 3. The van der Waals surface area contributed by atoms with E-state index in [9.17, 15) is 9.59 Å². The number of carbonyl (C=O) groups is 2. The Morgan fingerprint density at radius 2 is 1.76 bits per heavy atom. The van der Waals surface area contributed by atoms with Crippen LogP contribution in [0.5, 0.6) is 0 Å². The Morgan fingerprint density at radius 1 is 1.08 bits per heavy atom. The molecule has 1 aromatic rings. The van der Waals surface area contributed by atoms with Crippen molar-refractivity contribution in [2.24, 2.45) is 17.6 Å².